The van der Waals surface area contributed by atoms with E-state index in [4.69, 9.17) is 6.42 Å². The largest absolute Gasteiger partial charge is 0.295 e. The lowest BCUT2D eigenvalue weighted by Crippen LogP contribution is -2.21. The van der Waals surface area contributed by atoms with Gasteiger partial charge in [0.05, 0.1) is 17.7 Å². The number of carbonyl (C=O) groups is 2. The summed E-state index contributed by atoms with van der Waals surface area (Å²) in [7, 11) is 1.96. The van der Waals surface area contributed by atoms with Crippen LogP contribution in [-0.2, 0) is 6.42 Å². The number of hydrogen-bond donors (Lipinski definition) is 1. The molecule has 1 aliphatic heterocycles. The van der Waals surface area contributed by atoms with E-state index in [1.165, 1.54) is 0 Å². The van der Waals surface area contributed by atoms with Crippen LogP contribution in [0.5, 0.6) is 0 Å². The van der Waals surface area contributed by atoms with Crippen molar-refractivity contribution in [1.29, 1.82) is 0 Å². The summed E-state index contributed by atoms with van der Waals surface area (Å²) in [5.41, 5.74) is 1.95. The SMILES string of the molecule is C#CCN(C)CCCc1cccc2c1C(=O)NC2=O. The summed E-state index contributed by atoms with van der Waals surface area (Å²) in [4.78, 5) is 25.3. The number of amides is 2. The molecule has 0 bridgehead atoms. The Morgan fingerprint density at radius 3 is 2.84 bits per heavy atom. The van der Waals surface area contributed by atoms with E-state index < -0.39 is 0 Å². The third-order valence-corrected chi connectivity index (χ3v) is 3.20. The van der Waals surface area contributed by atoms with E-state index >= 15 is 0 Å². The topological polar surface area (TPSA) is 49.4 Å². The van der Waals surface area contributed by atoms with Gasteiger partial charge in [0.25, 0.3) is 11.8 Å². The maximum Gasteiger partial charge on any atom is 0.259 e. The van der Waals surface area contributed by atoms with Gasteiger partial charge in [-0.05, 0) is 38.1 Å². The highest BCUT2D eigenvalue weighted by Gasteiger charge is 2.28. The molecule has 4 heteroatoms. The fourth-order valence-electron chi connectivity index (χ4n) is 2.27. The highest BCUT2D eigenvalue weighted by atomic mass is 16.2. The number of imide groups is 1. The van der Waals surface area contributed by atoms with Gasteiger partial charge in [0.2, 0.25) is 0 Å². The van der Waals surface area contributed by atoms with Crippen molar-refractivity contribution in [2.75, 3.05) is 20.1 Å². The summed E-state index contributed by atoms with van der Waals surface area (Å²) >= 11 is 0. The van der Waals surface area contributed by atoms with Crippen LogP contribution >= 0.6 is 0 Å². The molecule has 2 rings (SSSR count). The molecule has 4 nitrogen and oxygen atoms in total. The van der Waals surface area contributed by atoms with Gasteiger partial charge >= 0.3 is 0 Å². The maximum absolute atomic E-state index is 11.7. The van der Waals surface area contributed by atoms with Crippen molar-refractivity contribution < 1.29 is 9.59 Å². The summed E-state index contributed by atoms with van der Waals surface area (Å²) in [6.07, 6.45) is 6.90. The van der Waals surface area contributed by atoms with Gasteiger partial charge in [-0.2, -0.15) is 0 Å². The lowest BCUT2D eigenvalue weighted by Gasteiger charge is -2.13. The molecule has 0 atom stereocenters. The van der Waals surface area contributed by atoms with Gasteiger partial charge in [0, 0.05) is 0 Å². The van der Waals surface area contributed by atoms with Gasteiger partial charge in [-0.15, -0.1) is 6.42 Å². The second kappa shape index (κ2) is 5.68. The fourth-order valence-corrected chi connectivity index (χ4v) is 2.27. The van der Waals surface area contributed by atoms with Crippen LogP contribution in [0.3, 0.4) is 0 Å². The average molecular weight is 256 g/mol. The molecule has 19 heavy (non-hydrogen) atoms. The van der Waals surface area contributed by atoms with Crippen LogP contribution in [0.4, 0.5) is 0 Å². The number of rotatable bonds is 5. The van der Waals surface area contributed by atoms with Gasteiger partial charge in [-0.1, -0.05) is 18.1 Å². The van der Waals surface area contributed by atoms with E-state index in [1.54, 1.807) is 6.07 Å². The minimum absolute atomic E-state index is 0.285. The molecule has 2 amide bonds. The zero-order valence-electron chi connectivity index (χ0n) is 10.9. The average Bonchev–Trinajstić information content (AvgIpc) is 2.66. The zero-order valence-corrected chi connectivity index (χ0v) is 10.9. The van der Waals surface area contributed by atoms with Crippen LogP contribution < -0.4 is 5.32 Å². The van der Waals surface area contributed by atoms with Crippen molar-refractivity contribution in [3.05, 3.63) is 34.9 Å². The zero-order chi connectivity index (χ0) is 13.8. The minimum Gasteiger partial charge on any atom is -0.295 e. The molecule has 0 aliphatic carbocycles. The molecule has 0 aromatic heterocycles. The lowest BCUT2D eigenvalue weighted by atomic mass is 9.99. The lowest BCUT2D eigenvalue weighted by molar-refractivity contribution is 0.0879. The van der Waals surface area contributed by atoms with Crippen molar-refractivity contribution in [3.63, 3.8) is 0 Å². The van der Waals surface area contributed by atoms with Crippen molar-refractivity contribution >= 4 is 11.8 Å². The Kier molecular flexibility index (Phi) is 3.98. The number of benzene rings is 1. The second-order valence-corrected chi connectivity index (χ2v) is 4.67. The van der Waals surface area contributed by atoms with Gasteiger partial charge in [-0.3, -0.25) is 19.8 Å². The van der Waals surface area contributed by atoms with E-state index in [0.717, 1.165) is 24.9 Å². The molecule has 0 spiro atoms. The van der Waals surface area contributed by atoms with Crippen molar-refractivity contribution in [2.45, 2.75) is 12.8 Å². The number of hydrogen-bond acceptors (Lipinski definition) is 3. The summed E-state index contributed by atoms with van der Waals surface area (Å²) in [6.45, 7) is 1.48. The standard InChI is InChI=1S/C15H16N2O2/c1-3-9-17(2)10-5-7-11-6-4-8-12-13(11)15(19)16-14(12)18/h1,4,6,8H,5,7,9-10H2,2H3,(H,16,18,19). The molecule has 0 saturated carbocycles. The Morgan fingerprint density at radius 1 is 1.32 bits per heavy atom. The Labute approximate surface area is 112 Å². The smallest absolute Gasteiger partial charge is 0.259 e. The summed E-state index contributed by atoms with van der Waals surface area (Å²) in [6, 6.07) is 5.40. The van der Waals surface area contributed by atoms with Gasteiger partial charge < -0.3 is 0 Å². The van der Waals surface area contributed by atoms with Crippen LogP contribution in [0.25, 0.3) is 0 Å². The first kappa shape index (κ1) is 13.3. The maximum atomic E-state index is 11.7. The van der Waals surface area contributed by atoms with Crippen LogP contribution in [-0.4, -0.2) is 36.9 Å². The Morgan fingerprint density at radius 2 is 2.11 bits per heavy atom. The van der Waals surface area contributed by atoms with Gasteiger partial charge in [-0.25, -0.2) is 0 Å². The second-order valence-electron chi connectivity index (χ2n) is 4.67. The van der Waals surface area contributed by atoms with Crippen molar-refractivity contribution in [2.24, 2.45) is 0 Å². The van der Waals surface area contributed by atoms with Crippen LogP contribution in [0.1, 0.15) is 32.7 Å². The quantitative estimate of drug-likeness (QED) is 0.633. The first-order valence-corrected chi connectivity index (χ1v) is 6.23. The highest BCUT2D eigenvalue weighted by Crippen LogP contribution is 2.21. The predicted octanol–water partition coefficient (Wildman–Crippen LogP) is 1.07. The molecule has 1 aromatic carbocycles. The molecule has 1 N–H and O–H groups in total. The first-order chi connectivity index (χ1) is 9.13. The molecule has 1 heterocycles. The molecule has 1 aromatic rings. The summed E-state index contributed by atoms with van der Waals surface area (Å²) in [5, 5.41) is 2.33. The van der Waals surface area contributed by atoms with E-state index in [1.807, 2.05) is 24.1 Å². The third kappa shape index (κ3) is 2.83. The number of aryl methyl sites for hydroxylation is 1. The Hall–Kier alpha value is -2.12. The van der Waals surface area contributed by atoms with Gasteiger partial charge in [0.1, 0.15) is 0 Å². The number of nitrogens with one attached hydrogen (secondary N) is 1. The van der Waals surface area contributed by atoms with Crippen LogP contribution in [0, 0.1) is 12.3 Å². The van der Waals surface area contributed by atoms with E-state index in [9.17, 15) is 9.59 Å². The fraction of sp³-hybridized carbons (Fsp3) is 0.333. The van der Waals surface area contributed by atoms with Crippen molar-refractivity contribution in [1.82, 2.24) is 10.2 Å². The highest BCUT2D eigenvalue weighted by molar-refractivity contribution is 6.22. The van der Waals surface area contributed by atoms with Crippen LogP contribution in [0.15, 0.2) is 18.2 Å². The monoisotopic (exact) mass is 256 g/mol. The third-order valence-electron chi connectivity index (χ3n) is 3.20. The van der Waals surface area contributed by atoms with Crippen molar-refractivity contribution in [3.8, 4) is 12.3 Å². The number of terminal acetylenes is 1. The summed E-state index contributed by atoms with van der Waals surface area (Å²) in [5.74, 6) is 2.00. The first-order valence-electron chi connectivity index (χ1n) is 6.23. The van der Waals surface area contributed by atoms with Gasteiger partial charge in [0.15, 0.2) is 0 Å². The molecule has 98 valence electrons. The Balaban J connectivity index is 2.05. The molecule has 1 aliphatic rings. The van der Waals surface area contributed by atoms with E-state index in [0.29, 0.717) is 17.7 Å². The number of carbonyl (C=O) groups excluding carboxylic acids is 2. The molecule has 0 unspecified atom stereocenters. The molecular formula is C15H16N2O2. The molecule has 0 fully saturated rings. The molecular weight excluding hydrogens is 240 g/mol. The predicted molar refractivity (Wildman–Crippen MR) is 72.9 cm³/mol. The minimum atomic E-state index is -0.300. The molecule has 0 saturated heterocycles. The number of fused-ring (bicyclic) bond motifs is 1. The normalized spacial score (nSPS) is 13.3. The number of nitrogens with zero attached hydrogens (tertiary/aromatic N) is 1. The molecule has 0 radical (unpaired) electrons. The van der Waals surface area contributed by atoms with Crippen LogP contribution in [0.2, 0.25) is 0 Å². The summed E-state index contributed by atoms with van der Waals surface area (Å²) < 4.78 is 0. The van der Waals surface area contributed by atoms with E-state index in [-0.39, 0.29) is 11.8 Å². The Bertz CT molecular complexity index is 558. The van der Waals surface area contributed by atoms with E-state index in [2.05, 4.69) is 11.2 Å².